The van der Waals surface area contributed by atoms with E-state index in [4.69, 9.17) is 17.0 Å². The summed E-state index contributed by atoms with van der Waals surface area (Å²) < 4.78 is 5.72. The maximum Gasteiger partial charge on any atom is 0.257 e. The standard InChI is InChI=1S/C23H29N3O3S/c1-3-4-5-6-7-15-29-20-13-11-17(12-14-20)22(28)26-23(30)25-19-10-8-9-18(16-19)21(27)24-2/h8-14,16H,3-7,15H2,1-2H3,(H,24,27)(H2,25,26,28,30). The lowest BCUT2D eigenvalue weighted by atomic mass is 10.2. The molecule has 0 radical (unpaired) electrons. The van der Waals surface area contributed by atoms with Crippen molar-refractivity contribution in [2.75, 3.05) is 19.0 Å². The summed E-state index contributed by atoms with van der Waals surface area (Å²) in [5.41, 5.74) is 1.59. The number of thiocarbonyl (C=S) groups is 1. The number of nitrogens with one attached hydrogen (secondary N) is 3. The molecule has 30 heavy (non-hydrogen) atoms. The molecule has 0 saturated heterocycles. The molecular weight excluding hydrogens is 398 g/mol. The van der Waals surface area contributed by atoms with Crippen LogP contribution in [0.3, 0.4) is 0 Å². The van der Waals surface area contributed by atoms with E-state index in [9.17, 15) is 9.59 Å². The van der Waals surface area contributed by atoms with Crippen molar-refractivity contribution in [3.63, 3.8) is 0 Å². The maximum atomic E-state index is 12.4. The first kappa shape index (κ1) is 23.3. The Labute approximate surface area is 183 Å². The molecule has 2 rings (SSSR count). The Kier molecular flexibility index (Phi) is 9.80. The van der Waals surface area contributed by atoms with E-state index in [0.29, 0.717) is 23.4 Å². The van der Waals surface area contributed by atoms with Gasteiger partial charge < -0.3 is 15.4 Å². The Bertz CT molecular complexity index is 853. The molecule has 0 bridgehead atoms. The van der Waals surface area contributed by atoms with E-state index in [-0.39, 0.29) is 16.9 Å². The first-order valence-electron chi connectivity index (χ1n) is 10.2. The van der Waals surface area contributed by atoms with Gasteiger partial charge >= 0.3 is 0 Å². The fourth-order valence-electron chi connectivity index (χ4n) is 2.82. The molecule has 6 nitrogen and oxygen atoms in total. The minimum absolute atomic E-state index is 0.154. The molecular formula is C23H29N3O3S. The van der Waals surface area contributed by atoms with Crippen LogP contribution in [0.1, 0.15) is 59.7 Å². The van der Waals surface area contributed by atoms with Crippen molar-refractivity contribution in [3.8, 4) is 5.75 Å². The molecule has 0 unspecified atom stereocenters. The topological polar surface area (TPSA) is 79.5 Å². The summed E-state index contributed by atoms with van der Waals surface area (Å²) in [4.78, 5) is 24.1. The van der Waals surface area contributed by atoms with Crippen LogP contribution in [0.25, 0.3) is 0 Å². The molecule has 0 spiro atoms. The number of hydrogen-bond donors (Lipinski definition) is 3. The summed E-state index contributed by atoms with van der Waals surface area (Å²) in [7, 11) is 1.57. The van der Waals surface area contributed by atoms with Crippen molar-refractivity contribution in [1.29, 1.82) is 0 Å². The van der Waals surface area contributed by atoms with Crippen molar-refractivity contribution in [1.82, 2.24) is 10.6 Å². The minimum Gasteiger partial charge on any atom is -0.494 e. The third kappa shape index (κ3) is 7.83. The third-order valence-electron chi connectivity index (χ3n) is 4.47. The minimum atomic E-state index is -0.318. The number of anilines is 1. The largest absolute Gasteiger partial charge is 0.494 e. The molecule has 7 heteroatoms. The van der Waals surface area contributed by atoms with Gasteiger partial charge in [0.2, 0.25) is 0 Å². The monoisotopic (exact) mass is 427 g/mol. The Hall–Kier alpha value is -2.93. The van der Waals surface area contributed by atoms with Crippen LogP contribution in [0.2, 0.25) is 0 Å². The third-order valence-corrected chi connectivity index (χ3v) is 4.67. The van der Waals surface area contributed by atoms with Gasteiger partial charge in [-0.05, 0) is 61.1 Å². The smallest absolute Gasteiger partial charge is 0.257 e. The van der Waals surface area contributed by atoms with Gasteiger partial charge in [-0.25, -0.2) is 0 Å². The summed E-state index contributed by atoms with van der Waals surface area (Å²) in [6.45, 7) is 2.88. The fraction of sp³-hybridized carbons (Fsp3) is 0.348. The van der Waals surface area contributed by atoms with Gasteiger partial charge in [-0.15, -0.1) is 0 Å². The molecule has 0 aromatic heterocycles. The Morgan fingerprint density at radius 2 is 1.67 bits per heavy atom. The van der Waals surface area contributed by atoms with Crippen molar-refractivity contribution in [2.45, 2.75) is 39.0 Å². The second-order valence-corrected chi connectivity index (χ2v) is 7.26. The Morgan fingerprint density at radius 3 is 2.37 bits per heavy atom. The average molecular weight is 428 g/mol. The maximum absolute atomic E-state index is 12.4. The number of carbonyl (C=O) groups is 2. The summed E-state index contributed by atoms with van der Waals surface area (Å²) in [5.74, 6) is 0.228. The SMILES string of the molecule is CCCCCCCOc1ccc(C(=O)NC(=S)Nc2cccc(C(=O)NC)c2)cc1. The zero-order valence-corrected chi connectivity index (χ0v) is 18.3. The molecule has 0 atom stereocenters. The van der Waals surface area contributed by atoms with Crippen LogP contribution < -0.4 is 20.7 Å². The second-order valence-electron chi connectivity index (χ2n) is 6.86. The van der Waals surface area contributed by atoms with Gasteiger partial charge in [0.05, 0.1) is 6.61 Å². The zero-order valence-electron chi connectivity index (χ0n) is 17.5. The van der Waals surface area contributed by atoms with Crippen molar-refractivity contribution in [3.05, 3.63) is 59.7 Å². The van der Waals surface area contributed by atoms with E-state index < -0.39 is 0 Å². The number of rotatable bonds is 10. The van der Waals surface area contributed by atoms with Crippen LogP contribution >= 0.6 is 12.2 Å². The Balaban J connectivity index is 1.81. The van der Waals surface area contributed by atoms with E-state index in [1.807, 2.05) is 0 Å². The molecule has 2 aromatic carbocycles. The highest BCUT2D eigenvalue weighted by molar-refractivity contribution is 7.80. The number of unbranched alkanes of at least 4 members (excludes halogenated alkanes) is 4. The van der Waals surface area contributed by atoms with E-state index in [2.05, 4.69) is 22.9 Å². The summed E-state index contributed by atoms with van der Waals surface area (Å²) in [5, 5.41) is 8.27. The number of hydrogen-bond acceptors (Lipinski definition) is 4. The first-order chi connectivity index (χ1) is 14.5. The molecule has 0 heterocycles. The van der Waals surface area contributed by atoms with Crippen molar-refractivity contribution >= 4 is 34.8 Å². The first-order valence-corrected chi connectivity index (χ1v) is 10.6. The van der Waals surface area contributed by atoms with Gasteiger partial charge in [-0.3, -0.25) is 14.9 Å². The normalized spacial score (nSPS) is 10.2. The van der Waals surface area contributed by atoms with Crippen LogP contribution in [0, 0.1) is 0 Å². The molecule has 0 aliphatic carbocycles. The van der Waals surface area contributed by atoms with Gasteiger partial charge in [0.25, 0.3) is 11.8 Å². The molecule has 0 saturated carbocycles. The van der Waals surface area contributed by atoms with Gasteiger partial charge in [0.15, 0.2) is 5.11 Å². The van der Waals surface area contributed by atoms with E-state index in [0.717, 1.165) is 12.2 Å². The van der Waals surface area contributed by atoms with E-state index >= 15 is 0 Å². The second kappa shape index (κ2) is 12.6. The Morgan fingerprint density at radius 1 is 0.933 bits per heavy atom. The van der Waals surface area contributed by atoms with E-state index in [1.54, 1.807) is 55.6 Å². The summed E-state index contributed by atoms with van der Waals surface area (Å²) in [6.07, 6.45) is 5.93. The highest BCUT2D eigenvalue weighted by Crippen LogP contribution is 2.14. The summed E-state index contributed by atoms with van der Waals surface area (Å²) >= 11 is 5.21. The predicted octanol–water partition coefficient (Wildman–Crippen LogP) is 4.52. The molecule has 2 aromatic rings. The van der Waals surface area contributed by atoms with E-state index in [1.165, 1.54) is 25.7 Å². The van der Waals surface area contributed by atoms with Crippen molar-refractivity contribution in [2.24, 2.45) is 0 Å². The number of benzene rings is 2. The molecule has 0 fully saturated rings. The molecule has 160 valence electrons. The lowest BCUT2D eigenvalue weighted by Gasteiger charge is -2.11. The molecule has 3 N–H and O–H groups in total. The quantitative estimate of drug-likeness (QED) is 0.384. The predicted molar refractivity (Wildman–Crippen MR) is 124 cm³/mol. The number of ether oxygens (including phenoxy) is 1. The highest BCUT2D eigenvalue weighted by Gasteiger charge is 2.09. The average Bonchev–Trinajstić information content (AvgIpc) is 2.76. The van der Waals surface area contributed by atoms with Crippen molar-refractivity contribution < 1.29 is 14.3 Å². The van der Waals surface area contributed by atoms with Crippen LogP contribution in [-0.2, 0) is 0 Å². The van der Waals surface area contributed by atoms with Crippen LogP contribution in [-0.4, -0.2) is 30.6 Å². The van der Waals surface area contributed by atoms with Gasteiger partial charge in [0.1, 0.15) is 5.75 Å². The van der Waals surface area contributed by atoms with Crippen LogP contribution in [0.15, 0.2) is 48.5 Å². The lowest BCUT2D eigenvalue weighted by molar-refractivity contribution is 0.0959. The lowest BCUT2D eigenvalue weighted by Crippen LogP contribution is -2.34. The zero-order chi connectivity index (χ0) is 21.8. The van der Waals surface area contributed by atoms with Gasteiger partial charge in [-0.2, -0.15) is 0 Å². The van der Waals surface area contributed by atoms with Crippen LogP contribution in [0.5, 0.6) is 5.75 Å². The molecule has 0 aliphatic heterocycles. The fourth-order valence-corrected chi connectivity index (χ4v) is 3.03. The number of carbonyl (C=O) groups excluding carboxylic acids is 2. The molecule has 0 aliphatic rings. The molecule has 2 amide bonds. The van der Waals surface area contributed by atoms with Crippen LogP contribution in [0.4, 0.5) is 5.69 Å². The number of amides is 2. The summed E-state index contributed by atoms with van der Waals surface area (Å²) in [6, 6.07) is 13.8. The van der Waals surface area contributed by atoms with Gasteiger partial charge in [-0.1, -0.05) is 38.7 Å². The highest BCUT2D eigenvalue weighted by atomic mass is 32.1. The van der Waals surface area contributed by atoms with Gasteiger partial charge in [0, 0.05) is 23.9 Å².